The molecule has 29 heavy (non-hydrogen) atoms. The molecule has 1 heterocycles. The third kappa shape index (κ3) is 5.68. The number of aromatic nitrogens is 1. The van der Waals surface area contributed by atoms with Crippen LogP contribution >= 0.6 is 0 Å². The number of carbonyl (C=O) groups excluding carboxylic acids is 1. The molecule has 2 atom stereocenters. The van der Waals surface area contributed by atoms with Crippen molar-refractivity contribution < 1.29 is 19.4 Å². The Morgan fingerprint density at radius 2 is 2.07 bits per heavy atom. The number of hydrogen-bond acceptors (Lipinski definition) is 4. The van der Waals surface area contributed by atoms with Crippen LogP contribution in [-0.2, 0) is 4.79 Å². The molecule has 0 aliphatic heterocycles. The van der Waals surface area contributed by atoms with E-state index in [1.54, 1.807) is 31.3 Å². The number of benzene rings is 1. The number of methoxy groups -OCH3 is 1. The Hall–Kier alpha value is -3.61. The molecule has 0 radical (unpaired) electrons. The largest absolute Gasteiger partial charge is 0.495 e. The highest BCUT2D eigenvalue weighted by atomic mass is 16.5. The number of ether oxygens (including phenoxy) is 1. The number of carbonyl (C=O) groups is 2. The number of rotatable bonds is 9. The van der Waals surface area contributed by atoms with Crippen LogP contribution in [0.25, 0.3) is 11.3 Å². The number of nitrogens with zero attached hydrogens (tertiary/aromatic N) is 1. The van der Waals surface area contributed by atoms with E-state index in [9.17, 15) is 9.59 Å². The summed E-state index contributed by atoms with van der Waals surface area (Å²) in [5, 5.41) is 14.5. The molecular formula is C22H25N3O4. The number of pyridine rings is 1. The smallest absolute Gasteiger partial charge is 0.405 e. The normalized spacial score (nSPS) is 12.3. The molecule has 0 bridgehead atoms. The summed E-state index contributed by atoms with van der Waals surface area (Å²) in [5.74, 6) is -0.0924. The monoisotopic (exact) mass is 395 g/mol. The minimum atomic E-state index is -1.11. The van der Waals surface area contributed by atoms with Gasteiger partial charge in [-0.15, -0.1) is 13.2 Å². The highest BCUT2D eigenvalue weighted by Crippen LogP contribution is 2.31. The van der Waals surface area contributed by atoms with E-state index >= 15 is 0 Å². The zero-order valence-corrected chi connectivity index (χ0v) is 16.5. The van der Waals surface area contributed by atoms with Crippen LogP contribution in [0.2, 0.25) is 0 Å². The molecule has 0 aliphatic carbocycles. The van der Waals surface area contributed by atoms with Gasteiger partial charge in [-0.3, -0.25) is 9.78 Å². The summed E-state index contributed by atoms with van der Waals surface area (Å²) in [6.45, 7) is 9.08. The van der Waals surface area contributed by atoms with Gasteiger partial charge in [0, 0.05) is 11.6 Å². The molecule has 0 saturated carbocycles. The van der Waals surface area contributed by atoms with Crippen molar-refractivity contribution in [3.8, 4) is 17.0 Å². The van der Waals surface area contributed by atoms with E-state index in [2.05, 4.69) is 28.8 Å². The van der Waals surface area contributed by atoms with E-state index in [0.29, 0.717) is 23.6 Å². The van der Waals surface area contributed by atoms with Gasteiger partial charge in [-0.2, -0.15) is 0 Å². The number of anilines is 1. The second-order valence-electron chi connectivity index (χ2n) is 6.44. The van der Waals surface area contributed by atoms with Crippen LogP contribution in [0.15, 0.2) is 61.8 Å². The first-order chi connectivity index (χ1) is 13.9. The Labute approximate surface area is 170 Å². The van der Waals surface area contributed by atoms with Crippen molar-refractivity contribution in [2.24, 2.45) is 5.92 Å². The lowest BCUT2D eigenvalue weighted by molar-refractivity contribution is -0.118. The van der Waals surface area contributed by atoms with Crippen LogP contribution in [0.3, 0.4) is 0 Å². The summed E-state index contributed by atoms with van der Waals surface area (Å²) in [6.07, 6.45) is 4.09. The molecule has 2 unspecified atom stereocenters. The fourth-order valence-corrected chi connectivity index (χ4v) is 2.73. The van der Waals surface area contributed by atoms with Gasteiger partial charge in [0.1, 0.15) is 5.75 Å². The lowest BCUT2D eigenvalue weighted by atomic mass is 9.99. The number of carboxylic acid groups (broad SMARTS) is 1. The average Bonchev–Trinajstić information content (AvgIpc) is 2.72. The molecule has 0 spiro atoms. The molecule has 1 aromatic heterocycles. The third-order valence-corrected chi connectivity index (χ3v) is 4.39. The second-order valence-corrected chi connectivity index (χ2v) is 6.44. The van der Waals surface area contributed by atoms with E-state index in [4.69, 9.17) is 9.84 Å². The lowest BCUT2D eigenvalue weighted by Crippen LogP contribution is -2.26. The van der Waals surface area contributed by atoms with Crippen LogP contribution in [0, 0.1) is 5.92 Å². The molecule has 0 saturated heterocycles. The van der Waals surface area contributed by atoms with Gasteiger partial charge in [0.2, 0.25) is 5.91 Å². The fraction of sp³-hybridized carbons (Fsp3) is 0.227. The van der Waals surface area contributed by atoms with Crippen molar-refractivity contribution in [2.45, 2.75) is 19.4 Å². The maximum absolute atomic E-state index is 12.4. The first-order valence-electron chi connectivity index (χ1n) is 9.07. The van der Waals surface area contributed by atoms with E-state index in [0.717, 1.165) is 11.1 Å². The van der Waals surface area contributed by atoms with Crippen molar-refractivity contribution in [1.82, 2.24) is 10.3 Å². The van der Waals surface area contributed by atoms with Gasteiger partial charge in [0.15, 0.2) is 0 Å². The molecular weight excluding hydrogens is 370 g/mol. The third-order valence-electron chi connectivity index (χ3n) is 4.39. The van der Waals surface area contributed by atoms with Gasteiger partial charge in [0.25, 0.3) is 0 Å². The molecule has 7 heteroatoms. The summed E-state index contributed by atoms with van der Waals surface area (Å²) in [4.78, 5) is 27.9. The zero-order chi connectivity index (χ0) is 21.4. The minimum absolute atomic E-state index is 0.218. The molecule has 1 aromatic carbocycles. The number of hydrogen-bond donors (Lipinski definition) is 3. The van der Waals surface area contributed by atoms with Gasteiger partial charge in [-0.05, 0) is 18.1 Å². The summed E-state index contributed by atoms with van der Waals surface area (Å²) < 4.78 is 5.23. The van der Waals surface area contributed by atoms with E-state index < -0.39 is 12.1 Å². The molecule has 0 aliphatic rings. The Morgan fingerprint density at radius 1 is 1.31 bits per heavy atom. The zero-order valence-electron chi connectivity index (χ0n) is 16.5. The Bertz CT molecular complexity index is 911. The number of nitrogens with one attached hydrogen (secondary N) is 2. The summed E-state index contributed by atoms with van der Waals surface area (Å²) in [7, 11) is 1.52. The summed E-state index contributed by atoms with van der Waals surface area (Å²) in [5.41, 5.74) is 2.53. The molecule has 3 N–H and O–H groups in total. The Balaban J connectivity index is 2.47. The van der Waals surface area contributed by atoms with Gasteiger partial charge in [0.05, 0.1) is 36.6 Å². The molecule has 0 fully saturated rings. The molecule has 2 amide bonds. The van der Waals surface area contributed by atoms with Crippen LogP contribution < -0.4 is 15.4 Å². The van der Waals surface area contributed by atoms with E-state index in [1.165, 1.54) is 7.11 Å². The van der Waals surface area contributed by atoms with E-state index in [1.807, 2.05) is 24.3 Å². The fourth-order valence-electron chi connectivity index (χ4n) is 2.73. The maximum Gasteiger partial charge on any atom is 0.405 e. The predicted octanol–water partition coefficient (Wildman–Crippen LogP) is 4.40. The van der Waals surface area contributed by atoms with Gasteiger partial charge < -0.3 is 20.5 Å². The lowest BCUT2D eigenvalue weighted by Gasteiger charge is -2.18. The molecule has 2 rings (SSSR count). The topological polar surface area (TPSA) is 101 Å². The number of amides is 2. The average molecular weight is 395 g/mol. The van der Waals surface area contributed by atoms with Gasteiger partial charge >= 0.3 is 6.09 Å². The first kappa shape index (κ1) is 21.7. The quantitative estimate of drug-likeness (QED) is 0.546. The van der Waals surface area contributed by atoms with E-state index in [-0.39, 0.29) is 11.8 Å². The van der Waals surface area contributed by atoms with Crippen molar-refractivity contribution in [1.29, 1.82) is 0 Å². The van der Waals surface area contributed by atoms with Crippen LogP contribution in [0.1, 0.15) is 24.9 Å². The molecule has 152 valence electrons. The second kappa shape index (κ2) is 10.1. The van der Waals surface area contributed by atoms with Crippen LogP contribution in [-0.4, -0.2) is 29.2 Å². The first-order valence-corrected chi connectivity index (χ1v) is 9.07. The summed E-state index contributed by atoms with van der Waals surface area (Å²) in [6, 6.07) is 8.58. The van der Waals surface area contributed by atoms with Crippen LogP contribution in [0.4, 0.5) is 10.5 Å². The SMILES string of the molecule is C=CCC(NC(=O)O)c1cccc(-c2ncc(OC)cc2NC(=O)C(C)C=C)c1. The molecule has 2 aromatic rings. The Kier molecular flexibility index (Phi) is 7.54. The summed E-state index contributed by atoms with van der Waals surface area (Å²) >= 11 is 0. The van der Waals surface area contributed by atoms with Crippen molar-refractivity contribution in [3.63, 3.8) is 0 Å². The standard InChI is InChI=1S/C22H25N3O4/c1-5-8-18(25-22(27)28)15-9-7-10-16(11-15)20-19(12-17(29-4)13-23-20)24-21(26)14(3)6-2/h5-7,9-14,18,25H,1-2,8H2,3-4H3,(H,24,26)(H,27,28). The minimum Gasteiger partial charge on any atom is -0.495 e. The highest BCUT2D eigenvalue weighted by molar-refractivity contribution is 5.97. The molecule has 7 nitrogen and oxygen atoms in total. The van der Waals surface area contributed by atoms with Gasteiger partial charge in [-0.1, -0.05) is 37.3 Å². The highest BCUT2D eigenvalue weighted by Gasteiger charge is 2.17. The van der Waals surface area contributed by atoms with Crippen LogP contribution in [0.5, 0.6) is 5.75 Å². The predicted molar refractivity (Wildman–Crippen MR) is 113 cm³/mol. The Morgan fingerprint density at radius 3 is 2.69 bits per heavy atom. The van der Waals surface area contributed by atoms with Gasteiger partial charge in [-0.25, -0.2) is 4.79 Å². The maximum atomic E-state index is 12.4. The van der Waals surface area contributed by atoms with Crippen molar-refractivity contribution in [2.75, 3.05) is 12.4 Å². The van der Waals surface area contributed by atoms with Crippen molar-refractivity contribution in [3.05, 3.63) is 67.4 Å². The van der Waals surface area contributed by atoms with Crippen molar-refractivity contribution >= 4 is 17.7 Å².